The van der Waals surface area contributed by atoms with Gasteiger partial charge in [-0.15, -0.1) is 0 Å². The van der Waals surface area contributed by atoms with Crippen LogP contribution in [0.1, 0.15) is 31.2 Å². The Bertz CT molecular complexity index is 440. The van der Waals surface area contributed by atoms with Crippen LogP contribution in [-0.4, -0.2) is 30.4 Å². The third-order valence-electron chi connectivity index (χ3n) is 3.53. The Hall–Kier alpha value is -1.06. The second-order valence-electron chi connectivity index (χ2n) is 5.20. The standard InChI is InChI=1S/C15H21ClN2O/c1-12-10-13(16)6-7-14(12)17-15(19)11-18-8-4-2-3-5-9-18/h6-7,10H,2-5,8-9,11H2,1H3,(H,17,19). The maximum atomic E-state index is 12.0. The van der Waals surface area contributed by atoms with Gasteiger partial charge < -0.3 is 5.32 Å². The van der Waals surface area contributed by atoms with E-state index in [2.05, 4.69) is 10.2 Å². The maximum absolute atomic E-state index is 12.0. The molecule has 1 aromatic carbocycles. The SMILES string of the molecule is Cc1cc(Cl)ccc1NC(=O)CN1CCCCCC1. The second-order valence-corrected chi connectivity index (χ2v) is 5.63. The number of amides is 1. The van der Waals surface area contributed by atoms with Crippen molar-refractivity contribution < 1.29 is 4.79 Å². The van der Waals surface area contributed by atoms with Gasteiger partial charge in [0.1, 0.15) is 0 Å². The van der Waals surface area contributed by atoms with Gasteiger partial charge in [0.15, 0.2) is 0 Å². The summed E-state index contributed by atoms with van der Waals surface area (Å²) in [6.45, 7) is 4.51. The van der Waals surface area contributed by atoms with Gasteiger partial charge in [-0.25, -0.2) is 0 Å². The number of anilines is 1. The first kappa shape index (κ1) is 14.4. The molecule has 2 rings (SSSR count). The lowest BCUT2D eigenvalue weighted by Gasteiger charge is -2.19. The number of aryl methyl sites for hydroxylation is 1. The quantitative estimate of drug-likeness (QED) is 0.920. The van der Waals surface area contributed by atoms with Gasteiger partial charge in [-0.2, -0.15) is 0 Å². The fourth-order valence-corrected chi connectivity index (χ4v) is 2.68. The van der Waals surface area contributed by atoms with Crippen molar-refractivity contribution in [2.75, 3.05) is 25.0 Å². The maximum Gasteiger partial charge on any atom is 0.238 e. The lowest BCUT2D eigenvalue weighted by molar-refractivity contribution is -0.117. The van der Waals surface area contributed by atoms with Gasteiger partial charge in [-0.3, -0.25) is 9.69 Å². The highest BCUT2D eigenvalue weighted by molar-refractivity contribution is 6.30. The van der Waals surface area contributed by atoms with Crippen LogP contribution in [0.4, 0.5) is 5.69 Å². The van der Waals surface area contributed by atoms with Crippen molar-refractivity contribution in [2.45, 2.75) is 32.6 Å². The molecule has 1 saturated heterocycles. The Balaban J connectivity index is 1.89. The first-order valence-corrected chi connectivity index (χ1v) is 7.31. The smallest absolute Gasteiger partial charge is 0.238 e. The molecule has 3 nitrogen and oxygen atoms in total. The molecule has 1 aromatic rings. The highest BCUT2D eigenvalue weighted by Crippen LogP contribution is 2.19. The van der Waals surface area contributed by atoms with Crippen molar-refractivity contribution in [1.29, 1.82) is 0 Å². The lowest BCUT2D eigenvalue weighted by Crippen LogP contribution is -2.34. The Morgan fingerprint density at radius 3 is 2.58 bits per heavy atom. The Labute approximate surface area is 119 Å². The average molecular weight is 281 g/mol. The number of halogens is 1. The van der Waals surface area contributed by atoms with Crippen LogP contribution < -0.4 is 5.32 Å². The Morgan fingerprint density at radius 2 is 1.95 bits per heavy atom. The number of nitrogens with zero attached hydrogens (tertiary/aromatic N) is 1. The number of hydrogen-bond donors (Lipinski definition) is 1. The number of nitrogens with one attached hydrogen (secondary N) is 1. The largest absolute Gasteiger partial charge is 0.325 e. The van der Waals surface area contributed by atoms with Crippen LogP contribution in [0.25, 0.3) is 0 Å². The molecule has 1 N–H and O–H groups in total. The molecule has 1 aliphatic rings. The molecular weight excluding hydrogens is 260 g/mol. The van der Waals surface area contributed by atoms with Crippen LogP contribution in [0.2, 0.25) is 5.02 Å². The zero-order valence-electron chi connectivity index (χ0n) is 11.4. The van der Waals surface area contributed by atoms with E-state index in [4.69, 9.17) is 11.6 Å². The number of hydrogen-bond acceptors (Lipinski definition) is 2. The summed E-state index contributed by atoms with van der Waals surface area (Å²) in [6, 6.07) is 5.52. The summed E-state index contributed by atoms with van der Waals surface area (Å²) in [7, 11) is 0. The molecule has 0 radical (unpaired) electrons. The Morgan fingerprint density at radius 1 is 1.26 bits per heavy atom. The number of rotatable bonds is 3. The van der Waals surface area contributed by atoms with Crippen molar-refractivity contribution in [2.24, 2.45) is 0 Å². The Kier molecular flexibility index (Phi) is 5.23. The van der Waals surface area contributed by atoms with E-state index in [1.54, 1.807) is 6.07 Å². The lowest BCUT2D eigenvalue weighted by atomic mass is 10.2. The van der Waals surface area contributed by atoms with Crippen molar-refractivity contribution in [1.82, 2.24) is 4.90 Å². The predicted octanol–water partition coefficient (Wildman–Crippen LogP) is 3.46. The molecule has 0 aliphatic carbocycles. The van der Waals surface area contributed by atoms with Gasteiger partial charge in [0.2, 0.25) is 5.91 Å². The van der Waals surface area contributed by atoms with Crippen LogP contribution in [0.3, 0.4) is 0 Å². The molecular formula is C15H21ClN2O. The first-order valence-electron chi connectivity index (χ1n) is 6.93. The summed E-state index contributed by atoms with van der Waals surface area (Å²) >= 11 is 5.91. The van der Waals surface area contributed by atoms with E-state index in [9.17, 15) is 4.79 Å². The number of likely N-dealkylation sites (tertiary alicyclic amines) is 1. The zero-order chi connectivity index (χ0) is 13.7. The zero-order valence-corrected chi connectivity index (χ0v) is 12.2. The molecule has 1 heterocycles. The molecule has 0 bridgehead atoms. The van der Waals surface area contributed by atoms with Crippen LogP contribution >= 0.6 is 11.6 Å². The molecule has 1 amide bonds. The van der Waals surface area contributed by atoms with E-state index < -0.39 is 0 Å². The minimum absolute atomic E-state index is 0.0623. The second kappa shape index (κ2) is 6.92. The number of benzene rings is 1. The average Bonchev–Trinajstić information content (AvgIpc) is 2.61. The predicted molar refractivity (Wildman–Crippen MR) is 79.7 cm³/mol. The van der Waals surface area contributed by atoms with Crippen molar-refractivity contribution in [3.8, 4) is 0 Å². The summed E-state index contributed by atoms with van der Waals surface area (Å²) in [5, 5.41) is 3.66. The fraction of sp³-hybridized carbons (Fsp3) is 0.533. The van der Waals surface area contributed by atoms with Crippen LogP contribution in [0.5, 0.6) is 0 Å². The van der Waals surface area contributed by atoms with Crippen LogP contribution in [0, 0.1) is 6.92 Å². The molecule has 0 spiro atoms. The molecule has 0 atom stereocenters. The highest BCUT2D eigenvalue weighted by Gasteiger charge is 2.13. The third kappa shape index (κ3) is 4.51. The van der Waals surface area contributed by atoms with Crippen molar-refractivity contribution >= 4 is 23.2 Å². The minimum atomic E-state index is 0.0623. The van der Waals surface area contributed by atoms with Crippen LogP contribution in [0.15, 0.2) is 18.2 Å². The van der Waals surface area contributed by atoms with Gasteiger partial charge in [0, 0.05) is 10.7 Å². The van der Waals surface area contributed by atoms with Crippen molar-refractivity contribution in [3.63, 3.8) is 0 Å². The molecule has 104 valence electrons. The topological polar surface area (TPSA) is 32.3 Å². The summed E-state index contributed by atoms with van der Waals surface area (Å²) < 4.78 is 0. The molecule has 1 fully saturated rings. The monoisotopic (exact) mass is 280 g/mol. The van der Waals surface area contributed by atoms with E-state index in [1.165, 1.54) is 25.7 Å². The summed E-state index contributed by atoms with van der Waals surface area (Å²) in [5.41, 5.74) is 1.85. The van der Waals surface area contributed by atoms with E-state index in [0.717, 1.165) is 24.3 Å². The molecule has 1 aliphatic heterocycles. The van der Waals surface area contributed by atoms with E-state index in [-0.39, 0.29) is 5.91 Å². The van der Waals surface area contributed by atoms with Gasteiger partial charge >= 0.3 is 0 Å². The molecule has 19 heavy (non-hydrogen) atoms. The molecule has 0 unspecified atom stereocenters. The van der Waals surface area contributed by atoms with Gasteiger partial charge in [0.25, 0.3) is 0 Å². The van der Waals surface area contributed by atoms with E-state index in [1.807, 2.05) is 19.1 Å². The molecule has 0 aromatic heterocycles. The third-order valence-corrected chi connectivity index (χ3v) is 3.76. The molecule has 4 heteroatoms. The number of carbonyl (C=O) groups is 1. The summed E-state index contributed by atoms with van der Waals surface area (Å²) in [6.07, 6.45) is 4.98. The van der Waals surface area contributed by atoms with E-state index in [0.29, 0.717) is 11.6 Å². The van der Waals surface area contributed by atoms with Crippen molar-refractivity contribution in [3.05, 3.63) is 28.8 Å². The summed E-state index contributed by atoms with van der Waals surface area (Å²) in [4.78, 5) is 14.3. The van der Waals surface area contributed by atoms with Gasteiger partial charge in [-0.05, 0) is 56.6 Å². The first-order chi connectivity index (χ1) is 9.15. The van der Waals surface area contributed by atoms with Gasteiger partial charge in [-0.1, -0.05) is 24.4 Å². The normalized spacial score (nSPS) is 16.9. The molecule has 0 saturated carbocycles. The highest BCUT2D eigenvalue weighted by atomic mass is 35.5. The summed E-state index contributed by atoms with van der Waals surface area (Å²) in [5.74, 6) is 0.0623. The van der Waals surface area contributed by atoms with Crippen LogP contribution in [-0.2, 0) is 4.79 Å². The number of carbonyl (C=O) groups excluding carboxylic acids is 1. The minimum Gasteiger partial charge on any atom is -0.325 e. The van der Waals surface area contributed by atoms with Gasteiger partial charge in [0.05, 0.1) is 6.54 Å². The van der Waals surface area contributed by atoms with E-state index >= 15 is 0 Å². The fourth-order valence-electron chi connectivity index (χ4n) is 2.45.